The Morgan fingerprint density at radius 2 is 2.22 bits per heavy atom. The quantitative estimate of drug-likeness (QED) is 0.760. The third-order valence-electron chi connectivity index (χ3n) is 4.00. The van der Waals surface area contributed by atoms with Crippen LogP contribution in [0.2, 0.25) is 0 Å². The average Bonchev–Trinajstić information content (AvgIpc) is 2.62. The number of ether oxygens (including phenoxy) is 1. The second-order valence-corrected chi connectivity index (χ2v) is 7.38. The van der Waals surface area contributed by atoms with Gasteiger partial charge in [0.1, 0.15) is 11.2 Å². The highest BCUT2D eigenvalue weighted by molar-refractivity contribution is 8.17. The summed E-state index contributed by atoms with van der Waals surface area (Å²) in [4.78, 5) is 30.1. The average molecular weight is 387 g/mol. The molecule has 0 aliphatic carbocycles. The Bertz CT molecular complexity index is 903. The minimum Gasteiger partial charge on any atom is -0.445 e. The number of alkyl halides is 1. The summed E-state index contributed by atoms with van der Waals surface area (Å²) in [5.74, 6) is -0.192. The summed E-state index contributed by atoms with van der Waals surface area (Å²) in [6.07, 6.45) is 4.87. The molecule has 2 aromatic rings. The number of nitrogens with zero attached hydrogens (tertiary/aromatic N) is 4. The van der Waals surface area contributed by atoms with Crippen LogP contribution in [-0.2, 0) is 12.0 Å². The van der Waals surface area contributed by atoms with Crippen LogP contribution in [-0.4, -0.2) is 32.8 Å². The van der Waals surface area contributed by atoms with Crippen molar-refractivity contribution in [3.05, 3.63) is 59.2 Å². The molecule has 0 radical (unpaired) electrons. The Labute approximate surface area is 160 Å². The van der Waals surface area contributed by atoms with Crippen molar-refractivity contribution in [2.75, 3.05) is 6.86 Å². The van der Waals surface area contributed by atoms with Gasteiger partial charge >= 0.3 is 0 Å². The number of rotatable bonds is 6. The van der Waals surface area contributed by atoms with Gasteiger partial charge in [0, 0.05) is 19.0 Å². The molecule has 7 nitrogen and oxygen atoms in total. The number of ketones is 1. The first-order chi connectivity index (χ1) is 12.9. The summed E-state index contributed by atoms with van der Waals surface area (Å²) >= 11 is 1.36. The summed E-state index contributed by atoms with van der Waals surface area (Å²) in [6, 6.07) is 3.60. The number of pyridine rings is 1. The fourth-order valence-electron chi connectivity index (χ4n) is 2.77. The van der Waals surface area contributed by atoms with Crippen LogP contribution in [0.4, 0.5) is 4.39 Å². The van der Waals surface area contributed by atoms with E-state index in [9.17, 15) is 9.18 Å². The SMILES string of the molecule is C=C1C[C@@](C)(c2cc(CC(=O)c3cnc(OCF)cn3)ccn2)N=C(N)S1. The molecule has 1 aliphatic rings. The minimum absolute atomic E-state index is 0.0269. The zero-order chi connectivity index (χ0) is 19.4. The maximum Gasteiger partial charge on any atom is 0.234 e. The van der Waals surface area contributed by atoms with Crippen molar-refractivity contribution in [2.45, 2.75) is 25.3 Å². The van der Waals surface area contributed by atoms with Gasteiger partial charge in [-0.15, -0.1) is 0 Å². The van der Waals surface area contributed by atoms with E-state index in [4.69, 9.17) is 5.73 Å². The molecule has 27 heavy (non-hydrogen) atoms. The molecule has 0 amide bonds. The van der Waals surface area contributed by atoms with Gasteiger partial charge in [0.25, 0.3) is 0 Å². The largest absolute Gasteiger partial charge is 0.445 e. The topological polar surface area (TPSA) is 103 Å². The molecule has 140 valence electrons. The van der Waals surface area contributed by atoms with Crippen LogP contribution < -0.4 is 10.5 Å². The first-order valence-electron chi connectivity index (χ1n) is 8.10. The van der Waals surface area contributed by atoms with Crippen molar-refractivity contribution in [3.8, 4) is 5.88 Å². The van der Waals surface area contributed by atoms with E-state index in [0.29, 0.717) is 11.6 Å². The van der Waals surface area contributed by atoms with Gasteiger partial charge < -0.3 is 10.5 Å². The number of aliphatic imine (C=N–C) groups is 1. The Morgan fingerprint density at radius 3 is 2.89 bits per heavy atom. The molecule has 0 saturated carbocycles. The molecule has 0 aromatic carbocycles. The van der Waals surface area contributed by atoms with Crippen LogP contribution in [0.25, 0.3) is 0 Å². The van der Waals surface area contributed by atoms with E-state index in [1.54, 1.807) is 12.3 Å². The lowest BCUT2D eigenvalue weighted by atomic mass is 9.92. The van der Waals surface area contributed by atoms with Crippen LogP contribution in [0.5, 0.6) is 5.88 Å². The second kappa shape index (κ2) is 7.83. The van der Waals surface area contributed by atoms with Gasteiger partial charge in [-0.3, -0.25) is 9.78 Å². The fraction of sp³-hybridized carbons (Fsp3) is 0.278. The Kier molecular flexibility index (Phi) is 5.50. The third kappa shape index (κ3) is 4.48. The number of aromatic nitrogens is 3. The van der Waals surface area contributed by atoms with Gasteiger partial charge in [-0.05, 0) is 29.5 Å². The number of halogens is 1. The molecule has 2 aromatic heterocycles. The fourth-order valence-corrected chi connectivity index (χ4v) is 3.66. The van der Waals surface area contributed by atoms with Crippen LogP contribution in [0, 0.1) is 0 Å². The smallest absolute Gasteiger partial charge is 0.234 e. The van der Waals surface area contributed by atoms with E-state index in [0.717, 1.165) is 16.2 Å². The van der Waals surface area contributed by atoms with E-state index in [1.807, 2.05) is 13.0 Å². The predicted octanol–water partition coefficient (Wildman–Crippen LogP) is 2.78. The number of thioether (sulfide) groups is 1. The van der Waals surface area contributed by atoms with Crippen molar-refractivity contribution in [1.29, 1.82) is 0 Å². The van der Waals surface area contributed by atoms with Gasteiger partial charge in [-0.25, -0.2) is 19.4 Å². The molecule has 1 aliphatic heterocycles. The highest BCUT2D eigenvalue weighted by Gasteiger charge is 2.32. The second-order valence-electron chi connectivity index (χ2n) is 6.18. The predicted molar refractivity (Wildman–Crippen MR) is 101 cm³/mol. The number of hydrogen-bond donors (Lipinski definition) is 1. The highest BCUT2D eigenvalue weighted by atomic mass is 32.2. The summed E-state index contributed by atoms with van der Waals surface area (Å²) in [6.45, 7) is 4.92. The molecule has 0 unspecified atom stereocenters. The molecule has 3 rings (SSSR count). The Balaban J connectivity index is 1.78. The number of amidine groups is 1. The van der Waals surface area contributed by atoms with Gasteiger partial charge in [-0.2, -0.15) is 0 Å². The van der Waals surface area contributed by atoms with Crippen LogP contribution >= 0.6 is 11.8 Å². The Morgan fingerprint density at radius 1 is 1.41 bits per heavy atom. The highest BCUT2D eigenvalue weighted by Crippen LogP contribution is 2.39. The van der Waals surface area contributed by atoms with Crippen LogP contribution in [0.3, 0.4) is 0 Å². The first-order valence-corrected chi connectivity index (χ1v) is 8.91. The number of carbonyl (C=O) groups is 1. The van der Waals surface area contributed by atoms with Gasteiger partial charge in [0.2, 0.25) is 12.7 Å². The van der Waals surface area contributed by atoms with E-state index in [2.05, 4.69) is 31.3 Å². The molecular formula is C18H18FN5O2S. The summed E-state index contributed by atoms with van der Waals surface area (Å²) < 4.78 is 16.7. The molecule has 0 bridgehead atoms. The van der Waals surface area contributed by atoms with Crippen LogP contribution in [0.15, 0.2) is 47.2 Å². The summed E-state index contributed by atoms with van der Waals surface area (Å²) in [5.41, 5.74) is 6.94. The molecule has 1 atom stereocenters. The normalized spacial score (nSPS) is 19.5. The summed E-state index contributed by atoms with van der Waals surface area (Å²) in [5, 5.41) is 0.447. The monoisotopic (exact) mass is 387 g/mol. The van der Waals surface area contributed by atoms with Crippen LogP contribution in [0.1, 0.15) is 35.1 Å². The number of nitrogens with two attached hydrogens (primary N) is 1. The number of carbonyl (C=O) groups excluding carboxylic acids is 1. The van der Waals surface area contributed by atoms with Crippen molar-refractivity contribution >= 4 is 22.7 Å². The van der Waals surface area contributed by atoms with Gasteiger partial charge in [0.15, 0.2) is 11.0 Å². The third-order valence-corrected chi connectivity index (χ3v) is 4.74. The van der Waals surface area contributed by atoms with Gasteiger partial charge in [-0.1, -0.05) is 18.3 Å². The van der Waals surface area contributed by atoms with E-state index in [1.165, 1.54) is 24.2 Å². The number of hydrogen-bond acceptors (Lipinski definition) is 8. The minimum atomic E-state index is -1.00. The van der Waals surface area contributed by atoms with Crippen molar-refractivity contribution in [3.63, 3.8) is 0 Å². The molecule has 9 heteroatoms. The maximum absolute atomic E-state index is 12.5. The van der Waals surface area contributed by atoms with E-state index < -0.39 is 12.4 Å². The summed E-state index contributed by atoms with van der Waals surface area (Å²) in [7, 11) is 0. The van der Waals surface area contributed by atoms with Gasteiger partial charge in [0.05, 0.1) is 18.1 Å². The molecule has 0 fully saturated rings. The lowest BCUT2D eigenvalue weighted by molar-refractivity contribution is 0.0987. The zero-order valence-electron chi connectivity index (χ0n) is 14.7. The van der Waals surface area contributed by atoms with E-state index in [-0.39, 0.29) is 23.8 Å². The molecule has 0 saturated heterocycles. The first kappa shape index (κ1) is 19.0. The van der Waals surface area contributed by atoms with Crippen molar-refractivity contribution in [1.82, 2.24) is 15.0 Å². The molecular weight excluding hydrogens is 369 g/mol. The Hall–Kier alpha value is -2.81. The molecule has 0 spiro atoms. The lowest BCUT2D eigenvalue weighted by Crippen LogP contribution is -2.28. The number of Topliss-reactive ketones (excluding diaryl/α,β-unsaturated/α-hetero) is 1. The maximum atomic E-state index is 12.5. The van der Waals surface area contributed by atoms with Crippen molar-refractivity contribution < 1.29 is 13.9 Å². The lowest BCUT2D eigenvalue weighted by Gasteiger charge is -2.30. The molecule has 2 N–H and O–H groups in total. The van der Waals surface area contributed by atoms with E-state index >= 15 is 0 Å². The molecule has 3 heterocycles. The standard InChI is InChI=1S/C18H18FN5O2S/c1-11-7-18(2,24-17(20)27-11)15-6-12(3-4-21-15)5-14(25)13-8-23-16(9-22-13)26-10-19/h3-4,6,8-9H,1,5,7,10H2,2H3,(H2,20,24)/t18-/m0/s1. The van der Waals surface area contributed by atoms with Crippen molar-refractivity contribution in [2.24, 2.45) is 10.7 Å². The zero-order valence-corrected chi connectivity index (χ0v) is 15.5.